The van der Waals surface area contributed by atoms with E-state index in [0.29, 0.717) is 13.1 Å². The van der Waals surface area contributed by atoms with E-state index in [-0.39, 0.29) is 11.8 Å². The number of carbonyl (C=O) groups is 1. The first-order valence-corrected chi connectivity index (χ1v) is 5.03. The lowest BCUT2D eigenvalue weighted by molar-refractivity contribution is -0.125. The van der Waals surface area contributed by atoms with Crippen LogP contribution in [0.3, 0.4) is 0 Å². The second kappa shape index (κ2) is 5.94. The molecule has 76 valence electrons. The number of piperidine rings is 1. The van der Waals surface area contributed by atoms with Gasteiger partial charge in [-0.1, -0.05) is 0 Å². The molecule has 4 heteroatoms. The van der Waals surface area contributed by atoms with E-state index in [1.54, 1.807) is 0 Å². The Morgan fingerprint density at radius 3 is 3.08 bits per heavy atom. The smallest absolute Gasteiger partial charge is 0.224 e. The highest BCUT2D eigenvalue weighted by molar-refractivity contribution is 5.78. The van der Waals surface area contributed by atoms with Crippen molar-refractivity contribution < 1.29 is 4.79 Å². The molecule has 0 aromatic carbocycles. The van der Waals surface area contributed by atoms with Crippen LogP contribution in [0.1, 0.15) is 19.3 Å². The van der Waals surface area contributed by atoms with Crippen molar-refractivity contribution in [1.29, 1.82) is 0 Å². The van der Waals surface area contributed by atoms with Gasteiger partial charge in [-0.2, -0.15) is 0 Å². The Hall–Kier alpha value is -0.610. The van der Waals surface area contributed by atoms with E-state index in [9.17, 15) is 4.79 Å². The molecule has 1 aliphatic rings. The summed E-state index contributed by atoms with van der Waals surface area (Å²) in [5, 5.41) is 6.11. The largest absolute Gasteiger partial charge is 0.356 e. The summed E-state index contributed by atoms with van der Waals surface area (Å²) >= 11 is 0. The Morgan fingerprint density at radius 1 is 1.62 bits per heavy atom. The molecule has 0 unspecified atom stereocenters. The standard InChI is InChI=1S/C9H19N3O/c10-4-2-6-12-9(13)8-3-1-5-11-7-8/h8,11H,1-7,10H2,(H,12,13)/t8-/m1/s1. The monoisotopic (exact) mass is 185 g/mol. The Labute approximate surface area is 79.3 Å². The van der Waals surface area contributed by atoms with Crippen molar-refractivity contribution >= 4 is 5.91 Å². The van der Waals surface area contributed by atoms with Crippen LogP contribution in [0, 0.1) is 5.92 Å². The fourth-order valence-electron chi connectivity index (χ4n) is 1.53. The van der Waals surface area contributed by atoms with E-state index in [1.165, 1.54) is 0 Å². The molecule has 1 heterocycles. The van der Waals surface area contributed by atoms with Gasteiger partial charge >= 0.3 is 0 Å². The van der Waals surface area contributed by atoms with Gasteiger partial charge in [-0.3, -0.25) is 4.79 Å². The lowest BCUT2D eigenvalue weighted by Gasteiger charge is -2.21. The number of rotatable bonds is 4. The zero-order chi connectivity index (χ0) is 9.52. The fraction of sp³-hybridized carbons (Fsp3) is 0.889. The molecule has 0 aromatic rings. The molecule has 0 radical (unpaired) electrons. The summed E-state index contributed by atoms with van der Waals surface area (Å²) in [6.45, 7) is 3.23. The van der Waals surface area contributed by atoms with Gasteiger partial charge in [-0.25, -0.2) is 0 Å². The maximum atomic E-state index is 11.5. The van der Waals surface area contributed by atoms with Crippen molar-refractivity contribution in [2.24, 2.45) is 11.7 Å². The Bertz CT molecular complexity index is 155. The van der Waals surface area contributed by atoms with Gasteiger partial charge in [0, 0.05) is 13.1 Å². The molecule has 0 aromatic heterocycles. The normalized spacial score (nSPS) is 22.7. The van der Waals surface area contributed by atoms with Crippen LogP contribution in [0.25, 0.3) is 0 Å². The van der Waals surface area contributed by atoms with Crippen molar-refractivity contribution in [3.8, 4) is 0 Å². The summed E-state index contributed by atoms with van der Waals surface area (Å²) in [7, 11) is 0. The summed E-state index contributed by atoms with van der Waals surface area (Å²) in [6, 6.07) is 0. The lowest BCUT2D eigenvalue weighted by Crippen LogP contribution is -2.41. The minimum Gasteiger partial charge on any atom is -0.356 e. The van der Waals surface area contributed by atoms with E-state index in [1.807, 2.05) is 0 Å². The van der Waals surface area contributed by atoms with Crippen LogP contribution in [0.15, 0.2) is 0 Å². The van der Waals surface area contributed by atoms with Crippen molar-refractivity contribution in [1.82, 2.24) is 10.6 Å². The maximum absolute atomic E-state index is 11.5. The maximum Gasteiger partial charge on any atom is 0.224 e. The van der Waals surface area contributed by atoms with Gasteiger partial charge in [0.25, 0.3) is 0 Å². The predicted octanol–water partition coefficient (Wildman–Crippen LogP) is -0.549. The second-order valence-electron chi connectivity index (χ2n) is 3.48. The number of carbonyl (C=O) groups excluding carboxylic acids is 1. The quantitative estimate of drug-likeness (QED) is 0.515. The molecule has 1 atom stereocenters. The van der Waals surface area contributed by atoms with Crippen LogP contribution < -0.4 is 16.4 Å². The molecule has 1 saturated heterocycles. The minimum absolute atomic E-state index is 0.173. The molecular formula is C9H19N3O. The van der Waals surface area contributed by atoms with Crippen LogP contribution in [-0.4, -0.2) is 32.1 Å². The van der Waals surface area contributed by atoms with Crippen molar-refractivity contribution in [3.63, 3.8) is 0 Å². The van der Waals surface area contributed by atoms with Crippen LogP contribution >= 0.6 is 0 Å². The van der Waals surface area contributed by atoms with Gasteiger partial charge < -0.3 is 16.4 Å². The number of nitrogens with two attached hydrogens (primary N) is 1. The molecule has 4 N–H and O–H groups in total. The first-order valence-electron chi connectivity index (χ1n) is 5.03. The summed E-state index contributed by atoms with van der Waals surface area (Å²) in [4.78, 5) is 11.5. The zero-order valence-corrected chi connectivity index (χ0v) is 8.01. The predicted molar refractivity (Wildman–Crippen MR) is 52.3 cm³/mol. The van der Waals surface area contributed by atoms with Gasteiger partial charge in [0.05, 0.1) is 5.92 Å². The molecule has 0 bridgehead atoms. The van der Waals surface area contributed by atoms with E-state index in [0.717, 1.165) is 32.4 Å². The van der Waals surface area contributed by atoms with Crippen LogP contribution in [-0.2, 0) is 4.79 Å². The molecule has 13 heavy (non-hydrogen) atoms. The molecule has 0 saturated carbocycles. The summed E-state index contributed by atoms with van der Waals surface area (Å²) in [6.07, 6.45) is 2.99. The van der Waals surface area contributed by atoms with Gasteiger partial charge in [0.1, 0.15) is 0 Å². The SMILES string of the molecule is NCCCNC(=O)[C@@H]1CCCNC1. The molecule has 1 aliphatic heterocycles. The molecular weight excluding hydrogens is 166 g/mol. The van der Waals surface area contributed by atoms with E-state index >= 15 is 0 Å². The number of hydrogen-bond acceptors (Lipinski definition) is 3. The number of hydrogen-bond donors (Lipinski definition) is 3. The lowest BCUT2D eigenvalue weighted by atomic mass is 9.99. The first-order chi connectivity index (χ1) is 6.34. The van der Waals surface area contributed by atoms with Gasteiger partial charge in [0.2, 0.25) is 5.91 Å². The molecule has 0 spiro atoms. The number of amides is 1. The van der Waals surface area contributed by atoms with E-state index in [2.05, 4.69) is 10.6 Å². The van der Waals surface area contributed by atoms with Gasteiger partial charge in [-0.05, 0) is 32.4 Å². The third kappa shape index (κ3) is 3.74. The van der Waals surface area contributed by atoms with Gasteiger partial charge in [-0.15, -0.1) is 0 Å². The molecule has 1 amide bonds. The highest BCUT2D eigenvalue weighted by Gasteiger charge is 2.19. The van der Waals surface area contributed by atoms with Crippen molar-refractivity contribution in [3.05, 3.63) is 0 Å². The van der Waals surface area contributed by atoms with Crippen LogP contribution in [0.5, 0.6) is 0 Å². The fourth-order valence-corrected chi connectivity index (χ4v) is 1.53. The molecule has 4 nitrogen and oxygen atoms in total. The first kappa shape index (κ1) is 10.5. The Morgan fingerprint density at radius 2 is 2.46 bits per heavy atom. The number of nitrogens with one attached hydrogen (secondary N) is 2. The van der Waals surface area contributed by atoms with Gasteiger partial charge in [0.15, 0.2) is 0 Å². The highest BCUT2D eigenvalue weighted by atomic mass is 16.1. The Kier molecular flexibility index (Phi) is 4.78. The summed E-state index contributed by atoms with van der Waals surface area (Å²) in [5.41, 5.74) is 5.33. The summed E-state index contributed by atoms with van der Waals surface area (Å²) < 4.78 is 0. The third-order valence-electron chi connectivity index (χ3n) is 2.35. The topological polar surface area (TPSA) is 67.1 Å². The van der Waals surface area contributed by atoms with Crippen molar-refractivity contribution in [2.75, 3.05) is 26.2 Å². The zero-order valence-electron chi connectivity index (χ0n) is 8.01. The van der Waals surface area contributed by atoms with E-state index in [4.69, 9.17) is 5.73 Å². The average molecular weight is 185 g/mol. The second-order valence-corrected chi connectivity index (χ2v) is 3.48. The average Bonchev–Trinajstić information content (AvgIpc) is 2.19. The van der Waals surface area contributed by atoms with Crippen LogP contribution in [0.4, 0.5) is 0 Å². The highest BCUT2D eigenvalue weighted by Crippen LogP contribution is 2.09. The Balaban J connectivity index is 2.13. The minimum atomic E-state index is 0.173. The molecule has 1 fully saturated rings. The van der Waals surface area contributed by atoms with Crippen molar-refractivity contribution in [2.45, 2.75) is 19.3 Å². The third-order valence-corrected chi connectivity index (χ3v) is 2.35. The molecule has 1 rings (SSSR count). The van der Waals surface area contributed by atoms with Crippen LogP contribution in [0.2, 0.25) is 0 Å². The van der Waals surface area contributed by atoms with E-state index < -0.39 is 0 Å². The summed E-state index contributed by atoms with van der Waals surface area (Å²) in [5.74, 6) is 0.354. The molecule has 0 aliphatic carbocycles.